The molecule has 0 saturated carbocycles. The Morgan fingerprint density at radius 3 is 2.91 bits per heavy atom. The highest BCUT2D eigenvalue weighted by molar-refractivity contribution is 5.96. The zero-order valence-electron chi connectivity index (χ0n) is 13.3. The van der Waals surface area contributed by atoms with E-state index in [0.29, 0.717) is 26.3 Å². The molecule has 0 radical (unpaired) electrons. The number of carbonyl (C=O) groups is 1. The van der Waals surface area contributed by atoms with E-state index < -0.39 is 0 Å². The molecule has 0 bridgehead atoms. The number of rotatable bonds is 3. The van der Waals surface area contributed by atoms with Gasteiger partial charge in [0.15, 0.2) is 0 Å². The third-order valence-electron chi connectivity index (χ3n) is 4.33. The number of hydrogen-bond acceptors (Lipinski definition) is 3. The van der Waals surface area contributed by atoms with Crippen molar-refractivity contribution in [2.24, 2.45) is 0 Å². The second kappa shape index (κ2) is 6.01. The van der Waals surface area contributed by atoms with E-state index in [0.717, 1.165) is 22.7 Å². The third-order valence-corrected chi connectivity index (χ3v) is 4.33. The molecule has 1 atom stereocenters. The zero-order valence-corrected chi connectivity index (χ0v) is 13.3. The maximum atomic E-state index is 12.8. The summed E-state index contributed by atoms with van der Waals surface area (Å²) < 4.78 is 13.0. The highest BCUT2D eigenvalue weighted by Gasteiger charge is 2.27. The largest absolute Gasteiger partial charge is 0.467 e. The van der Waals surface area contributed by atoms with Gasteiger partial charge >= 0.3 is 0 Å². The van der Waals surface area contributed by atoms with E-state index in [1.54, 1.807) is 6.26 Å². The highest BCUT2D eigenvalue weighted by atomic mass is 16.5. The molecule has 2 aromatic heterocycles. The maximum absolute atomic E-state index is 12.8. The number of nitrogens with zero attached hydrogens (tertiary/aromatic N) is 2. The number of furan rings is 1. The van der Waals surface area contributed by atoms with Crippen LogP contribution in [0.1, 0.15) is 34.4 Å². The molecule has 1 fully saturated rings. The summed E-state index contributed by atoms with van der Waals surface area (Å²) >= 11 is 0. The lowest BCUT2D eigenvalue weighted by Crippen LogP contribution is -2.47. The number of morpholine rings is 1. The Labute approximate surface area is 130 Å². The molecular weight excluding hydrogens is 280 g/mol. The fourth-order valence-electron chi connectivity index (χ4n) is 3.00. The van der Waals surface area contributed by atoms with Crippen molar-refractivity contribution in [1.29, 1.82) is 0 Å². The monoisotopic (exact) mass is 302 g/mol. The minimum atomic E-state index is 0.0922. The standard InChI is InChI=1S/C17H22N2O3/c1-12-9-16(17(20)18-6-8-21-11-13(18)2)14(3)19(12)10-15-5-4-7-22-15/h4-5,7,9,13H,6,8,10-11H2,1-3H3. The number of hydrogen-bond donors (Lipinski definition) is 0. The predicted octanol–water partition coefficient (Wildman–Crippen LogP) is 2.61. The van der Waals surface area contributed by atoms with E-state index in [2.05, 4.69) is 4.57 Å². The topological polar surface area (TPSA) is 47.6 Å². The molecule has 118 valence electrons. The number of aromatic nitrogens is 1. The lowest BCUT2D eigenvalue weighted by atomic mass is 10.1. The first-order valence-electron chi connectivity index (χ1n) is 7.65. The van der Waals surface area contributed by atoms with Gasteiger partial charge in [0, 0.05) is 17.9 Å². The fraction of sp³-hybridized carbons (Fsp3) is 0.471. The van der Waals surface area contributed by atoms with Crippen molar-refractivity contribution >= 4 is 5.91 Å². The van der Waals surface area contributed by atoms with Crippen molar-refractivity contribution in [2.45, 2.75) is 33.4 Å². The van der Waals surface area contributed by atoms with Crippen molar-refractivity contribution in [3.63, 3.8) is 0 Å². The average molecular weight is 302 g/mol. The Balaban J connectivity index is 1.86. The van der Waals surface area contributed by atoms with Gasteiger partial charge in [-0.1, -0.05) is 0 Å². The summed E-state index contributed by atoms with van der Waals surface area (Å²) in [7, 11) is 0. The Morgan fingerprint density at radius 1 is 1.41 bits per heavy atom. The van der Waals surface area contributed by atoms with E-state index in [1.807, 2.05) is 43.9 Å². The molecule has 1 aliphatic heterocycles. The molecule has 5 nitrogen and oxygen atoms in total. The molecule has 1 saturated heterocycles. The van der Waals surface area contributed by atoms with Gasteiger partial charge in [0.25, 0.3) is 5.91 Å². The molecule has 0 aromatic carbocycles. The molecule has 5 heteroatoms. The Morgan fingerprint density at radius 2 is 2.23 bits per heavy atom. The van der Waals surface area contributed by atoms with Crippen LogP contribution < -0.4 is 0 Å². The molecule has 0 N–H and O–H groups in total. The Hall–Kier alpha value is -2.01. The van der Waals surface area contributed by atoms with Gasteiger partial charge in [0.1, 0.15) is 5.76 Å². The van der Waals surface area contributed by atoms with Crippen LogP contribution in [-0.2, 0) is 11.3 Å². The molecule has 3 heterocycles. The minimum Gasteiger partial charge on any atom is -0.467 e. The third kappa shape index (κ3) is 2.68. The molecule has 3 rings (SSSR count). The molecule has 1 amide bonds. The Kier molecular flexibility index (Phi) is 4.07. The van der Waals surface area contributed by atoms with Gasteiger partial charge in [0.05, 0.1) is 37.6 Å². The number of ether oxygens (including phenoxy) is 1. The smallest absolute Gasteiger partial charge is 0.256 e. The van der Waals surface area contributed by atoms with Gasteiger partial charge in [0.2, 0.25) is 0 Å². The van der Waals surface area contributed by atoms with Crippen molar-refractivity contribution in [3.8, 4) is 0 Å². The van der Waals surface area contributed by atoms with Gasteiger partial charge < -0.3 is 18.6 Å². The van der Waals surface area contributed by atoms with Crippen LogP contribution >= 0.6 is 0 Å². The van der Waals surface area contributed by atoms with Crippen molar-refractivity contribution < 1.29 is 13.9 Å². The van der Waals surface area contributed by atoms with Crippen molar-refractivity contribution in [3.05, 3.63) is 47.2 Å². The molecule has 22 heavy (non-hydrogen) atoms. The second-order valence-corrected chi connectivity index (χ2v) is 5.87. The fourth-order valence-corrected chi connectivity index (χ4v) is 3.00. The van der Waals surface area contributed by atoms with Crippen LogP contribution in [-0.4, -0.2) is 41.2 Å². The second-order valence-electron chi connectivity index (χ2n) is 5.87. The van der Waals surface area contributed by atoms with Crippen LogP contribution in [0.5, 0.6) is 0 Å². The van der Waals surface area contributed by atoms with E-state index in [1.165, 1.54) is 0 Å². The van der Waals surface area contributed by atoms with Crippen LogP contribution in [0.25, 0.3) is 0 Å². The predicted molar refractivity (Wildman–Crippen MR) is 83.0 cm³/mol. The summed E-state index contributed by atoms with van der Waals surface area (Å²) in [5.74, 6) is 0.982. The van der Waals surface area contributed by atoms with Crippen LogP contribution in [0.15, 0.2) is 28.9 Å². The normalized spacial score (nSPS) is 18.7. The van der Waals surface area contributed by atoms with Gasteiger partial charge in [-0.15, -0.1) is 0 Å². The lowest BCUT2D eigenvalue weighted by Gasteiger charge is -2.33. The van der Waals surface area contributed by atoms with Crippen LogP contribution in [0.4, 0.5) is 0 Å². The SMILES string of the molecule is Cc1cc(C(=O)N2CCOCC2C)c(C)n1Cc1ccco1. The summed E-state index contributed by atoms with van der Waals surface area (Å²) in [6.07, 6.45) is 1.67. The summed E-state index contributed by atoms with van der Waals surface area (Å²) in [6, 6.07) is 5.92. The summed E-state index contributed by atoms with van der Waals surface area (Å²) in [5.41, 5.74) is 2.83. The van der Waals surface area contributed by atoms with Crippen LogP contribution in [0.3, 0.4) is 0 Å². The van der Waals surface area contributed by atoms with E-state index in [-0.39, 0.29) is 11.9 Å². The number of aryl methyl sites for hydroxylation is 1. The highest BCUT2D eigenvalue weighted by Crippen LogP contribution is 2.21. The lowest BCUT2D eigenvalue weighted by molar-refractivity contribution is 0.00355. The van der Waals surface area contributed by atoms with Gasteiger partial charge in [-0.3, -0.25) is 4.79 Å². The number of amides is 1. The first kappa shape index (κ1) is 14.9. The molecule has 0 aliphatic carbocycles. The van der Waals surface area contributed by atoms with E-state index >= 15 is 0 Å². The quantitative estimate of drug-likeness (QED) is 0.875. The zero-order chi connectivity index (χ0) is 15.7. The van der Waals surface area contributed by atoms with Crippen LogP contribution in [0.2, 0.25) is 0 Å². The van der Waals surface area contributed by atoms with E-state index in [9.17, 15) is 4.79 Å². The molecular formula is C17H22N2O3. The molecule has 1 aliphatic rings. The van der Waals surface area contributed by atoms with Gasteiger partial charge in [-0.2, -0.15) is 0 Å². The first-order valence-corrected chi connectivity index (χ1v) is 7.65. The van der Waals surface area contributed by atoms with Gasteiger partial charge in [-0.25, -0.2) is 0 Å². The Bertz CT molecular complexity index is 658. The molecule has 2 aromatic rings. The average Bonchev–Trinajstić information content (AvgIpc) is 3.11. The minimum absolute atomic E-state index is 0.0922. The maximum Gasteiger partial charge on any atom is 0.256 e. The molecule has 1 unspecified atom stereocenters. The summed E-state index contributed by atoms with van der Waals surface area (Å²) in [5, 5.41) is 0. The summed E-state index contributed by atoms with van der Waals surface area (Å²) in [4.78, 5) is 14.7. The van der Waals surface area contributed by atoms with Crippen molar-refractivity contribution in [2.75, 3.05) is 19.8 Å². The van der Waals surface area contributed by atoms with E-state index in [4.69, 9.17) is 9.15 Å². The van der Waals surface area contributed by atoms with Crippen molar-refractivity contribution in [1.82, 2.24) is 9.47 Å². The van der Waals surface area contributed by atoms with Crippen LogP contribution in [0, 0.1) is 13.8 Å². The summed E-state index contributed by atoms with van der Waals surface area (Å²) in [6.45, 7) is 8.57. The molecule has 0 spiro atoms. The van der Waals surface area contributed by atoms with Gasteiger partial charge in [-0.05, 0) is 39.0 Å². The first-order chi connectivity index (χ1) is 10.6. The number of carbonyl (C=O) groups excluding carboxylic acids is 1.